The SMILES string of the molecule is CNC(=O)CN(C)Cc1nc(-c2cc(OC)ccc2OC)oc1C. The molecule has 0 aliphatic carbocycles. The summed E-state index contributed by atoms with van der Waals surface area (Å²) in [6.07, 6.45) is 0. The molecule has 0 atom stereocenters. The second kappa shape index (κ2) is 7.83. The first kappa shape index (κ1) is 17.8. The van der Waals surface area contributed by atoms with Gasteiger partial charge in [-0.3, -0.25) is 9.69 Å². The van der Waals surface area contributed by atoms with E-state index in [1.165, 1.54) is 0 Å². The van der Waals surface area contributed by atoms with E-state index in [0.29, 0.717) is 36.2 Å². The van der Waals surface area contributed by atoms with E-state index >= 15 is 0 Å². The van der Waals surface area contributed by atoms with Gasteiger partial charge in [0.15, 0.2) is 0 Å². The van der Waals surface area contributed by atoms with Gasteiger partial charge in [0.25, 0.3) is 0 Å². The molecule has 7 heteroatoms. The van der Waals surface area contributed by atoms with Gasteiger partial charge in [0, 0.05) is 13.6 Å². The van der Waals surface area contributed by atoms with Crippen molar-refractivity contribution in [3.63, 3.8) is 0 Å². The zero-order chi connectivity index (χ0) is 17.7. The minimum absolute atomic E-state index is 0.0478. The molecule has 7 nitrogen and oxygen atoms in total. The van der Waals surface area contributed by atoms with Crippen molar-refractivity contribution in [3.05, 3.63) is 29.7 Å². The molecule has 0 spiro atoms. The molecular weight excluding hydrogens is 310 g/mol. The lowest BCUT2D eigenvalue weighted by Gasteiger charge is -2.13. The standard InChI is InChI=1S/C17H23N3O4/c1-11-14(9-20(3)10-16(21)18-2)19-17(24-11)13-8-12(22-4)6-7-15(13)23-5/h6-8H,9-10H2,1-5H3,(H,18,21). The Labute approximate surface area is 141 Å². The zero-order valence-corrected chi connectivity index (χ0v) is 14.7. The second-order valence-corrected chi connectivity index (χ2v) is 5.43. The van der Waals surface area contributed by atoms with E-state index in [1.807, 2.05) is 37.1 Å². The summed E-state index contributed by atoms with van der Waals surface area (Å²) in [5, 5.41) is 2.60. The van der Waals surface area contributed by atoms with Gasteiger partial charge in [-0.05, 0) is 32.2 Å². The highest BCUT2D eigenvalue weighted by Gasteiger charge is 2.18. The number of methoxy groups -OCH3 is 2. The van der Waals surface area contributed by atoms with E-state index in [0.717, 1.165) is 11.3 Å². The van der Waals surface area contributed by atoms with Gasteiger partial charge in [-0.25, -0.2) is 4.98 Å². The molecular formula is C17H23N3O4. The number of nitrogens with zero attached hydrogens (tertiary/aromatic N) is 2. The minimum Gasteiger partial charge on any atom is -0.497 e. The Morgan fingerprint density at radius 3 is 2.71 bits per heavy atom. The maximum absolute atomic E-state index is 11.5. The highest BCUT2D eigenvalue weighted by Crippen LogP contribution is 2.33. The summed E-state index contributed by atoms with van der Waals surface area (Å²) in [5.41, 5.74) is 1.50. The lowest BCUT2D eigenvalue weighted by atomic mass is 10.2. The van der Waals surface area contributed by atoms with Crippen molar-refractivity contribution >= 4 is 5.91 Å². The average molecular weight is 333 g/mol. The van der Waals surface area contributed by atoms with Crippen LogP contribution in [0, 0.1) is 6.92 Å². The average Bonchev–Trinajstić information content (AvgIpc) is 2.94. The van der Waals surface area contributed by atoms with Crippen LogP contribution in [0.1, 0.15) is 11.5 Å². The van der Waals surface area contributed by atoms with Crippen molar-refractivity contribution in [2.75, 3.05) is 34.9 Å². The number of aromatic nitrogens is 1. The molecule has 24 heavy (non-hydrogen) atoms. The van der Waals surface area contributed by atoms with E-state index in [-0.39, 0.29) is 5.91 Å². The number of rotatable bonds is 7. The van der Waals surface area contributed by atoms with Crippen molar-refractivity contribution in [1.29, 1.82) is 0 Å². The predicted molar refractivity (Wildman–Crippen MR) is 90.2 cm³/mol. The lowest BCUT2D eigenvalue weighted by molar-refractivity contribution is -0.121. The van der Waals surface area contributed by atoms with Gasteiger partial charge in [-0.2, -0.15) is 0 Å². The van der Waals surface area contributed by atoms with Crippen molar-refractivity contribution in [1.82, 2.24) is 15.2 Å². The Kier molecular flexibility index (Phi) is 5.81. The summed E-state index contributed by atoms with van der Waals surface area (Å²) < 4.78 is 16.4. The van der Waals surface area contributed by atoms with Gasteiger partial charge < -0.3 is 19.2 Å². The lowest BCUT2D eigenvalue weighted by Crippen LogP contribution is -2.32. The Bertz CT molecular complexity index is 712. The maximum Gasteiger partial charge on any atom is 0.233 e. The van der Waals surface area contributed by atoms with Crippen LogP contribution in [-0.2, 0) is 11.3 Å². The van der Waals surface area contributed by atoms with Gasteiger partial charge in [-0.1, -0.05) is 0 Å². The van der Waals surface area contributed by atoms with Crippen LogP contribution in [0.25, 0.3) is 11.5 Å². The van der Waals surface area contributed by atoms with Gasteiger partial charge in [0.05, 0.1) is 32.0 Å². The monoisotopic (exact) mass is 333 g/mol. The number of likely N-dealkylation sites (N-methyl/N-ethyl adjacent to an activating group) is 2. The van der Waals surface area contributed by atoms with Crippen LogP contribution in [0.4, 0.5) is 0 Å². The number of carbonyl (C=O) groups excluding carboxylic acids is 1. The van der Waals surface area contributed by atoms with Crippen molar-refractivity contribution in [2.24, 2.45) is 0 Å². The van der Waals surface area contributed by atoms with E-state index in [9.17, 15) is 4.79 Å². The van der Waals surface area contributed by atoms with Crippen molar-refractivity contribution in [2.45, 2.75) is 13.5 Å². The molecule has 0 aliphatic heterocycles. The fourth-order valence-electron chi connectivity index (χ4n) is 2.31. The molecule has 0 unspecified atom stereocenters. The number of benzene rings is 1. The summed E-state index contributed by atoms with van der Waals surface area (Å²) in [6, 6.07) is 5.45. The van der Waals surface area contributed by atoms with Gasteiger partial charge in [-0.15, -0.1) is 0 Å². The molecule has 2 aromatic rings. The molecule has 0 saturated carbocycles. The number of aryl methyl sites for hydroxylation is 1. The fraction of sp³-hybridized carbons (Fsp3) is 0.412. The molecule has 1 aromatic heterocycles. The second-order valence-electron chi connectivity index (χ2n) is 5.43. The first-order chi connectivity index (χ1) is 11.5. The quantitative estimate of drug-likeness (QED) is 0.833. The smallest absolute Gasteiger partial charge is 0.233 e. The van der Waals surface area contributed by atoms with Gasteiger partial charge in [0.2, 0.25) is 11.8 Å². The first-order valence-corrected chi connectivity index (χ1v) is 7.56. The molecule has 2 rings (SSSR count). The van der Waals surface area contributed by atoms with E-state index in [4.69, 9.17) is 13.9 Å². The first-order valence-electron chi connectivity index (χ1n) is 7.56. The van der Waals surface area contributed by atoms with Crippen LogP contribution in [0.5, 0.6) is 11.5 Å². The number of carbonyl (C=O) groups is 1. The highest BCUT2D eigenvalue weighted by molar-refractivity contribution is 5.77. The molecule has 130 valence electrons. The van der Waals surface area contributed by atoms with Crippen LogP contribution in [0.15, 0.2) is 22.6 Å². The van der Waals surface area contributed by atoms with Crippen molar-refractivity contribution in [3.8, 4) is 23.0 Å². The predicted octanol–water partition coefficient (Wildman–Crippen LogP) is 1.85. The molecule has 0 fully saturated rings. The molecule has 1 heterocycles. The summed E-state index contributed by atoms with van der Waals surface area (Å²) in [5.74, 6) is 2.47. The third-order valence-corrected chi connectivity index (χ3v) is 3.64. The Morgan fingerprint density at radius 2 is 2.08 bits per heavy atom. The Hall–Kier alpha value is -2.54. The Morgan fingerprint density at radius 1 is 1.33 bits per heavy atom. The topological polar surface area (TPSA) is 76.8 Å². The number of amides is 1. The molecule has 0 aliphatic rings. The van der Waals surface area contributed by atoms with Crippen LogP contribution in [-0.4, -0.2) is 50.7 Å². The zero-order valence-electron chi connectivity index (χ0n) is 14.7. The number of nitrogens with one attached hydrogen (secondary N) is 1. The molecule has 1 N–H and O–H groups in total. The van der Waals surface area contributed by atoms with E-state index in [1.54, 1.807) is 21.3 Å². The summed E-state index contributed by atoms with van der Waals surface area (Å²) in [4.78, 5) is 17.9. The molecule has 1 aromatic carbocycles. The summed E-state index contributed by atoms with van der Waals surface area (Å²) in [7, 11) is 6.67. The largest absolute Gasteiger partial charge is 0.497 e. The number of hydrogen-bond donors (Lipinski definition) is 1. The highest BCUT2D eigenvalue weighted by atomic mass is 16.5. The maximum atomic E-state index is 11.5. The minimum atomic E-state index is -0.0478. The van der Waals surface area contributed by atoms with Crippen molar-refractivity contribution < 1.29 is 18.7 Å². The number of hydrogen-bond acceptors (Lipinski definition) is 6. The molecule has 1 amide bonds. The van der Waals surface area contributed by atoms with Gasteiger partial charge in [0.1, 0.15) is 17.3 Å². The van der Waals surface area contributed by atoms with Crippen LogP contribution >= 0.6 is 0 Å². The van der Waals surface area contributed by atoms with Gasteiger partial charge >= 0.3 is 0 Å². The Balaban J connectivity index is 2.27. The summed E-state index contributed by atoms with van der Waals surface area (Å²) in [6.45, 7) is 2.65. The van der Waals surface area contributed by atoms with E-state index < -0.39 is 0 Å². The molecule has 0 bridgehead atoms. The third-order valence-electron chi connectivity index (χ3n) is 3.64. The van der Waals surface area contributed by atoms with E-state index in [2.05, 4.69) is 10.3 Å². The normalized spacial score (nSPS) is 10.8. The molecule has 0 saturated heterocycles. The van der Waals surface area contributed by atoms with Crippen LogP contribution in [0.2, 0.25) is 0 Å². The fourth-order valence-corrected chi connectivity index (χ4v) is 2.31. The third kappa shape index (κ3) is 4.05. The number of ether oxygens (including phenoxy) is 2. The number of oxazole rings is 1. The van der Waals surface area contributed by atoms with Crippen LogP contribution in [0.3, 0.4) is 0 Å². The molecule has 0 radical (unpaired) electrons. The summed E-state index contributed by atoms with van der Waals surface area (Å²) >= 11 is 0. The van der Waals surface area contributed by atoms with Crippen LogP contribution < -0.4 is 14.8 Å².